The third-order valence-corrected chi connectivity index (χ3v) is 6.79. The predicted molar refractivity (Wildman–Crippen MR) is 122 cm³/mol. The minimum atomic E-state index is -0.946. The van der Waals surface area contributed by atoms with Crippen LogP contribution in [-0.4, -0.2) is 27.3 Å². The van der Waals surface area contributed by atoms with Crippen LogP contribution in [0.1, 0.15) is 57.9 Å². The molecule has 1 atom stereocenters. The number of aromatic amines is 1. The number of halogens is 1. The molecule has 3 heterocycles. The van der Waals surface area contributed by atoms with E-state index < -0.39 is 5.60 Å². The summed E-state index contributed by atoms with van der Waals surface area (Å²) in [6, 6.07) is 8.10. The van der Waals surface area contributed by atoms with Crippen LogP contribution in [-0.2, 0) is 18.3 Å². The summed E-state index contributed by atoms with van der Waals surface area (Å²) in [6.07, 6.45) is 5.60. The van der Waals surface area contributed by atoms with Gasteiger partial charge in [0.25, 0.3) is 0 Å². The van der Waals surface area contributed by atoms with E-state index in [0.29, 0.717) is 19.4 Å². The highest BCUT2D eigenvalue weighted by Crippen LogP contribution is 2.47. The first-order valence-corrected chi connectivity index (χ1v) is 11.0. The first kappa shape index (κ1) is 21.2. The van der Waals surface area contributed by atoms with Gasteiger partial charge in [-0.1, -0.05) is 46.2 Å². The number of fused-ring (bicyclic) bond motifs is 2. The number of aliphatic hydroxyl groups is 1. The smallest absolute Gasteiger partial charge is 0.126 e. The van der Waals surface area contributed by atoms with Gasteiger partial charge < -0.3 is 14.8 Å². The molecule has 0 fully saturated rings. The molecule has 0 spiro atoms. The van der Waals surface area contributed by atoms with Crippen LogP contribution in [0, 0.1) is 5.41 Å². The molecule has 4 nitrogen and oxygen atoms in total. The lowest BCUT2D eigenvalue weighted by atomic mass is 9.64. The van der Waals surface area contributed by atoms with Gasteiger partial charge in [-0.2, -0.15) is 0 Å². The molecular formula is C25H31ClN2O2. The molecule has 30 heavy (non-hydrogen) atoms. The van der Waals surface area contributed by atoms with Gasteiger partial charge in [0.05, 0.1) is 23.9 Å². The van der Waals surface area contributed by atoms with Gasteiger partial charge in [-0.05, 0) is 47.1 Å². The summed E-state index contributed by atoms with van der Waals surface area (Å²) in [7, 11) is 0. The normalized spacial score (nSPS) is 16.4. The Morgan fingerprint density at radius 2 is 1.93 bits per heavy atom. The van der Waals surface area contributed by atoms with E-state index in [1.54, 1.807) is 6.20 Å². The minimum Gasteiger partial charge on any atom is -0.493 e. The largest absolute Gasteiger partial charge is 0.493 e. The molecule has 1 aliphatic heterocycles. The van der Waals surface area contributed by atoms with Gasteiger partial charge in [-0.15, -0.1) is 0 Å². The fourth-order valence-electron chi connectivity index (χ4n) is 4.63. The summed E-state index contributed by atoms with van der Waals surface area (Å²) in [5, 5.41) is 13.9. The highest BCUT2D eigenvalue weighted by atomic mass is 35.5. The van der Waals surface area contributed by atoms with Gasteiger partial charge in [-0.25, -0.2) is 0 Å². The zero-order valence-electron chi connectivity index (χ0n) is 18.5. The molecule has 0 radical (unpaired) electrons. The third kappa shape index (κ3) is 3.83. The molecule has 160 valence electrons. The van der Waals surface area contributed by atoms with Crippen molar-refractivity contribution in [2.24, 2.45) is 5.41 Å². The van der Waals surface area contributed by atoms with Gasteiger partial charge in [0.15, 0.2) is 0 Å². The van der Waals surface area contributed by atoms with E-state index in [-0.39, 0.29) is 10.8 Å². The Labute approximate surface area is 183 Å². The van der Waals surface area contributed by atoms with Crippen molar-refractivity contribution in [3.63, 3.8) is 0 Å². The van der Waals surface area contributed by atoms with Crippen LogP contribution in [0.3, 0.4) is 0 Å². The summed E-state index contributed by atoms with van der Waals surface area (Å²) >= 11 is 6.44. The Morgan fingerprint density at radius 1 is 1.17 bits per heavy atom. The molecule has 1 aromatic carbocycles. The third-order valence-electron chi connectivity index (χ3n) is 6.57. The van der Waals surface area contributed by atoms with Crippen molar-refractivity contribution >= 4 is 22.5 Å². The van der Waals surface area contributed by atoms with Gasteiger partial charge in [0, 0.05) is 40.7 Å². The number of hydrogen-bond acceptors (Lipinski definition) is 3. The SMILES string of the molecule is CC(C)(CC(O)(Cc1cc2ccncc2[nH]1)C(C)(C)C)c1cc(Cl)cc2c1OCC2. The van der Waals surface area contributed by atoms with Crippen molar-refractivity contribution in [2.45, 2.75) is 64.9 Å². The summed E-state index contributed by atoms with van der Waals surface area (Å²) in [6.45, 7) is 11.3. The molecule has 3 aromatic rings. The maximum atomic E-state index is 12.0. The van der Waals surface area contributed by atoms with Crippen molar-refractivity contribution in [3.05, 3.63) is 58.5 Å². The number of hydrogen-bond donors (Lipinski definition) is 2. The van der Waals surface area contributed by atoms with Crippen LogP contribution in [0.5, 0.6) is 5.75 Å². The molecule has 0 amide bonds. The summed E-state index contributed by atoms with van der Waals surface area (Å²) < 4.78 is 5.98. The maximum absolute atomic E-state index is 12.0. The Bertz CT molecular complexity index is 1050. The Morgan fingerprint density at radius 3 is 2.63 bits per heavy atom. The average Bonchev–Trinajstić information content (AvgIpc) is 3.24. The van der Waals surface area contributed by atoms with Gasteiger partial charge in [0.1, 0.15) is 5.75 Å². The molecule has 0 aliphatic carbocycles. The highest BCUT2D eigenvalue weighted by molar-refractivity contribution is 6.30. The quantitative estimate of drug-likeness (QED) is 0.538. The molecule has 5 heteroatoms. The molecule has 1 aliphatic rings. The highest BCUT2D eigenvalue weighted by Gasteiger charge is 2.45. The number of nitrogens with one attached hydrogen (secondary N) is 1. The second-order valence-corrected chi connectivity index (χ2v) is 10.8. The fraction of sp³-hybridized carbons (Fsp3) is 0.480. The Balaban J connectivity index is 1.71. The van der Waals surface area contributed by atoms with Crippen LogP contribution in [0.2, 0.25) is 5.02 Å². The van der Waals surface area contributed by atoms with E-state index in [0.717, 1.165) is 44.9 Å². The van der Waals surface area contributed by atoms with Crippen molar-refractivity contribution in [2.75, 3.05) is 6.61 Å². The lowest BCUT2D eigenvalue weighted by molar-refractivity contribution is -0.0776. The number of nitrogens with zero attached hydrogens (tertiary/aromatic N) is 1. The van der Waals surface area contributed by atoms with E-state index >= 15 is 0 Å². The molecule has 0 saturated carbocycles. The maximum Gasteiger partial charge on any atom is 0.126 e. The van der Waals surface area contributed by atoms with Crippen molar-refractivity contribution < 1.29 is 9.84 Å². The molecular weight excluding hydrogens is 396 g/mol. The number of pyridine rings is 1. The number of H-pyrrole nitrogens is 1. The number of benzene rings is 1. The Kier molecular flexibility index (Phi) is 5.14. The fourth-order valence-corrected chi connectivity index (χ4v) is 4.87. The van der Waals surface area contributed by atoms with Crippen molar-refractivity contribution in [1.29, 1.82) is 0 Å². The van der Waals surface area contributed by atoms with Crippen LogP contribution in [0.25, 0.3) is 10.9 Å². The molecule has 2 N–H and O–H groups in total. The topological polar surface area (TPSA) is 58.1 Å². The van der Waals surface area contributed by atoms with Crippen molar-refractivity contribution in [1.82, 2.24) is 9.97 Å². The first-order valence-electron chi connectivity index (χ1n) is 10.6. The molecule has 4 rings (SSSR count). The lowest BCUT2D eigenvalue weighted by Gasteiger charge is -2.45. The number of ether oxygens (including phenoxy) is 1. The monoisotopic (exact) mass is 426 g/mol. The van der Waals surface area contributed by atoms with E-state index in [9.17, 15) is 5.11 Å². The second kappa shape index (κ2) is 7.28. The Hall–Kier alpha value is -2.04. The summed E-state index contributed by atoms with van der Waals surface area (Å²) in [4.78, 5) is 7.62. The predicted octanol–water partition coefficient (Wildman–Crippen LogP) is 5.84. The molecule has 0 bridgehead atoms. The van der Waals surface area contributed by atoms with Gasteiger partial charge >= 0.3 is 0 Å². The number of aromatic nitrogens is 2. The summed E-state index contributed by atoms with van der Waals surface area (Å²) in [5.41, 5.74) is 2.64. The molecule has 0 saturated heterocycles. The first-order chi connectivity index (χ1) is 14.0. The van der Waals surface area contributed by atoms with Crippen LogP contribution in [0.15, 0.2) is 36.7 Å². The standard InChI is InChI=1S/C25H31ClN2O2/c1-23(2,3)25(29,13-19-11-16-6-8-27-14-21(16)28-19)15-24(4,5)20-12-18(26)10-17-7-9-30-22(17)20/h6,8,10-12,14,28-29H,7,9,13,15H2,1-5H3. The second-order valence-electron chi connectivity index (χ2n) is 10.3. The molecule has 1 unspecified atom stereocenters. The van der Waals surface area contributed by atoms with E-state index in [2.05, 4.69) is 50.7 Å². The lowest BCUT2D eigenvalue weighted by Crippen LogP contribution is -2.49. The van der Waals surface area contributed by atoms with Crippen LogP contribution < -0.4 is 4.74 Å². The zero-order chi connectivity index (χ0) is 21.7. The van der Waals surface area contributed by atoms with E-state index in [1.807, 2.05) is 24.4 Å². The van der Waals surface area contributed by atoms with Crippen molar-refractivity contribution in [3.8, 4) is 5.75 Å². The zero-order valence-corrected chi connectivity index (χ0v) is 19.2. The van der Waals surface area contributed by atoms with Gasteiger partial charge in [-0.3, -0.25) is 4.98 Å². The number of rotatable bonds is 5. The van der Waals surface area contributed by atoms with Crippen LogP contribution >= 0.6 is 11.6 Å². The van der Waals surface area contributed by atoms with E-state index in [1.165, 1.54) is 0 Å². The molecule has 2 aromatic heterocycles. The van der Waals surface area contributed by atoms with Crippen LogP contribution in [0.4, 0.5) is 0 Å². The van der Waals surface area contributed by atoms with Gasteiger partial charge in [0.2, 0.25) is 0 Å². The average molecular weight is 427 g/mol. The minimum absolute atomic E-state index is 0.324. The summed E-state index contributed by atoms with van der Waals surface area (Å²) in [5.74, 6) is 0.942. The van der Waals surface area contributed by atoms with E-state index in [4.69, 9.17) is 16.3 Å².